The van der Waals surface area contributed by atoms with Gasteiger partial charge in [0.2, 0.25) is 0 Å². The zero-order valence-electron chi connectivity index (χ0n) is 55.8. The van der Waals surface area contributed by atoms with Crippen LogP contribution in [0.25, 0.3) is 22.3 Å². The molecule has 5 atom stereocenters. The summed E-state index contributed by atoms with van der Waals surface area (Å²) in [5.74, 6) is -1.54. The van der Waals surface area contributed by atoms with Crippen molar-refractivity contribution in [3.05, 3.63) is 301 Å². The van der Waals surface area contributed by atoms with Gasteiger partial charge >= 0.3 is 13.8 Å². The number of carbonyl (C=O) groups is 1. The fourth-order valence-corrected chi connectivity index (χ4v) is 25.1. The molecule has 1 aliphatic heterocycles. The van der Waals surface area contributed by atoms with Crippen LogP contribution in [0.4, 0.5) is 0 Å². The van der Waals surface area contributed by atoms with E-state index in [0.29, 0.717) is 0 Å². The highest BCUT2D eigenvalue weighted by molar-refractivity contribution is 7.48. The molecule has 8 aromatic carbocycles. The molecular formula is C83H91O8PSi2. The SMILES string of the molecule is CCCCC/C=C/C=C\C=C/[C@H](O[Si](c1ccccc1)(c1ccccc1)C(C)(C)C)[C@H](C)[C@H](C/C=C/[C@@H]1OC(=O)C=C[C@@H]1O[Si](c1ccccc1)(c1ccccc1)C(C)(C)C)OP(=O)(OCC1c2ccccc2-c2ccccc21)OCC1c2ccccc2-c2ccccc21. The van der Waals surface area contributed by atoms with Crippen LogP contribution in [-0.4, -0.2) is 60.2 Å². The number of hydrogen-bond acceptors (Lipinski definition) is 8. The Balaban J connectivity index is 1.03. The van der Waals surface area contributed by atoms with Gasteiger partial charge in [-0.25, -0.2) is 9.36 Å². The normalized spacial score (nSPS) is 17.2. The van der Waals surface area contributed by atoms with Crippen LogP contribution < -0.4 is 20.7 Å². The van der Waals surface area contributed by atoms with Gasteiger partial charge in [0.05, 0.1) is 25.4 Å². The largest absolute Gasteiger partial charge is 0.475 e. The van der Waals surface area contributed by atoms with Crippen LogP contribution in [0.5, 0.6) is 0 Å². The van der Waals surface area contributed by atoms with Gasteiger partial charge in [0.1, 0.15) is 12.2 Å². The average Bonchev–Trinajstić information content (AvgIpc) is 1.12. The fourth-order valence-electron chi connectivity index (χ4n) is 14.3. The molecule has 11 heteroatoms. The first-order valence-corrected chi connectivity index (χ1v) is 38.9. The summed E-state index contributed by atoms with van der Waals surface area (Å²) >= 11 is 0. The number of allylic oxidation sites excluding steroid dienone is 5. The lowest BCUT2D eigenvalue weighted by Gasteiger charge is -2.46. The molecule has 2 aliphatic carbocycles. The van der Waals surface area contributed by atoms with Crippen LogP contribution in [0, 0.1) is 5.92 Å². The minimum absolute atomic E-state index is 0.0182. The first-order valence-electron chi connectivity index (χ1n) is 33.6. The molecule has 0 saturated heterocycles. The van der Waals surface area contributed by atoms with E-state index in [9.17, 15) is 4.79 Å². The molecule has 0 bridgehead atoms. The first-order chi connectivity index (χ1) is 45.5. The minimum atomic E-state index is -4.62. The Labute approximate surface area is 561 Å². The van der Waals surface area contributed by atoms with Crippen molar-refractivity contribution in [3.63, 3.8) is 0 Å². The highest BCUT2D eigenvalue weighted by Gasteiger charge is 2.54. The van der Waals surface area contributed by atoms with Gasteiger partial charge in [-0.05, 0) is 107 Å². The summed E-state index contributed by atoms with van der Waals surface area (Å²) in [6, 6.07) is 75.8. The Morgan fingerprint density at radius 3 is 1.37 bits per heavy atom. The van der Waals surface area contributed by atoms with Crippen molar-refractivity contribution in [2.45, 2.75) is 134 Å². The van der Waals surface area contributed by atoms with Crippen molar-refractivity contribution in [2.75, 3.05) is 13.2 Å². The Hall–Kier alpha value is -7.61. The first kappa shape index (κ1) is 67.8. The number of cyclic esters (lactones) is 1. The molecule has 94 heavy (non-hydrogen) atoms. The molecule has 0 saturated carbocycles. The summed E-state index contributed by atoms with van der Waals surface area (Å²) in [6.45, 7) is 18.0. The van der Waals surface area contributed by atoms with Crippen molar-refractivity contribution < 1.29 is 36.5 Å². The Morgan fingerprint density at radius 2 is 0.936 bits per heavy atom. The van der Waals surface area contributed by atoms with Crippen molar-refractivity contribution >= 4 is 51.2 Å². The van der Waals surface area contributed by atoms with E-state index in [1.54, 1.807) is 0 Å². The Kier molecular flexibility index (Phi) is 21.9. The highest BCUT2D eigenvalue weighted by atomic mass is 31.2. The highest BCUT2D eigenvalue weighted by Crippen LogP contribution is 2.57. The quantitative estimate of drug-likeness (QED) is 0.0120. The predicted molar refractivity (Wildman–Crippen MR) is 390 cm³/mol. The second-order valence-corrected chi connectivity index (χ2v) is 37.2. The number of hydrogen-bond donors (Lipinski definition) is 0. The zero-order valence-corrected chi connectivity index (χ0v) is 58.7. The Morgan fingerprint density at radius 1 is 0.521 bits per heavy atom. The van der Waals surface area contributed by atoms with E-state index in [2.05, 4.69) is 274 Å². The average molecular weight is 1300 g/mol. The molecule has 0 radical (unpaired) electrons. The van der Waals surface area contributed by atoms with Gasteiger partial charge in [-0.3, -0.25) is 13.6 Å². The molecule has 1 heterocycles. The molecule has 484 valence electrons. The molecule has 3 aliphatic rings. The van der Waals surface area contributed by atoms with Crippen LogP contribution in [0.3, 0.4) is 0 Å². The van der Waals surface area contributed by atoms with Crippen molar-refractivity contribution in [1.82, 2.24) is 0 Å². The van der Waals surface area contributed by atoms with E-state index in [1.165, 1.54) is 18.9 Å². The lowest BCUT2D eigenvalue weighted by Crippen LogP contribution is -2.68. The van der Waals surface area contributed by atoms with E-state index < -0.39 is 65.8 Å². The van der Waals surface area contributed by atoms with Gasteiger partial charge in [0.25, 0.3) is 16.6 Å². The third kappa shape index (κ3) is 14.8. The molecule has 0 amide bonds. The summed E-state index contributed by atoms with van der Waals surface area (Å²) in [4.78, 5) is 13.6. The lowest BCUT2D eigenvalue weighted by atomic mass is 9.95. The fraction of sp³-hybridized carbons (Fsp3) is 0.289. The predicted octanol–water partition coefficient (Wildman–Crippen LogP) is 18.3. The topological polar surface area (TPSA) is 89.5 Å². The molecule has 0 spiro atoms. The third-order valence-corrected chi connectivity index (χ3v) is 30.5. The molecule has 8 nitrogen and oxygen atoms in total. The van der Waals surface area contributed by atoms with Gasteiger partial charge in [0, 0.05) is 23.8 Å². The monoisotopic (exact) mass is 1300 g/mol. The molecule has 8 aromatic rings. The van der Waals surface area contributed by atoms with Crippen molar-refractivity contribution in [2.24, 2.45) is 5.92 Å². The van der Waals surface area contributed by atoms with Gasteiger partial charge < -0.3 is 13.6 Å². The standard InChI is InChI=1S/C83H91O8PSi2/c1-9-10-11-12-13-14-15-16-29-55-78(90-93(82(3,4)5,63-39-21-17-22-40-63)64-41-23-18-24-42-64)62(2)77(56-38-57-79-80(58-59-81(84)88-79)91-94(83(6,7)8,65-43-25-19-26-44-65)66-45-27-20-28-46-66)89-92(85,86-60-75-71-51-34-30-47-67(71)68-48-31-35-52-72(68)75)87-61-76-73-53-36-32-49-69(73)70-50-33-37-54-74(70)76/h13-55,57-59,62,75-80H,9-12,56,60-61H2,1-8H3/b14-13+,16-15-,55-29-,57-38+/t62-,77+,78+,79+,80+/m1/s1. The number of ether oxygens (including phenoxy) is 1. The van der Waals surface area contributed by atoms with Crippen LogP contribution >= 0.6 is 7.82 Å². The number of carbonyl (C=O) groups excluding carboxylic acids is 1. The van der Waals surface area contributed by atoms with Gasteiger partial charge in [0.15, 0.2) is 0 Å². The van der Waals surface area contributed by atoms with Crippen molar-refractivity contribution in [3.8, 4) is 22.3 Å². The van der Waals surface area contributed by atoms with E-state index >= 15 is 4.57 Å². The second-order valence-electron chi connectivity index (χ2n) is 27.1. The summed E-state index contributed by atoms with van der Waals surface area (Å²) in [5, 5.41) is 3.67. The molecule has 0 aromatic heterocycles. The van der Waals surface area contributed by atoms with E-state index in [4.69, 9.17) is 27.2 Å². The van der Waals surface area contributed by atoms with Crippen LogP contribution in [0.1, 0.15) is 122 Å². The number of fused-ring (bicyclic) bond motifs is 6. The van der Waals surface area contributed by atoms with Crippen LogP contribution in [0.2, 0.25) is 10.1 Å². The maximum atomic E-state index is 16.9. The summed E-state index contributed by atoms with van der Waals surface area (Å²) in [5.41, 5.74) is 8.80. The van der Waals surface area contributed by atoms with E-state index in [1.807, 2.05) is 54.6 Å². The second kappa shape index (κ2) is 30.4. The molecule has 11 rings (SSSR count). The van der Waals surface area contributed by atoms with Crippen LogP contribution in [-0.2, 0) is 36.5 Å². The molecule has 0 unspecified atom stereocenters. The Bertz CT molecular complexity index is 3750. The van der Waals surface area contributed by atoms with Crippen molar-refractivity contribution in [1.29, 1.82) is 0 Å². The maximum absolute atomic E-state index is 16.9. The third-order valence-electron chi connectivity index (χ3n) is 19.0. The number of benzene rings is 8. The summed E-state index contributed by atoms with van der Waals surface area (Å²) in [7, 11) is -11.1. The number of unbranched alkanes of at least 4 members (excludes halogenated alkanes) is 3. The van der Waals surface area contributed by atoms with Gasteiger partial charge in [-0.1, -0.05) is 329 Å². The minimum Gasteiger partial charge on any atom is -0.452 e. The smallest absolute Gasteiger partial charge is 0.452 e. The lowest BCUT2D eigenvalue weighted by molar-refractivity contribution is -0.145. The van der Waals surface area contributed by atoms with Gasteiger partial charge in [-0.15, -0.1) is 0 Å². The number of rotatable bonds is 28. The van der Waals surface area contributed by atoms with Gasteiger partial charge in [-0.2, -0.15) is 0 Å². The van der Waals surface area contributed by atoms with Crippen LogP contribution in [0.15, 0.2) is 279 Å². The maximum Gasteiger partial charge on any atom is 0.475 e. The molecular weight excluding hydrogens is 1210 g/mol. The summed E-state index contributed by atoms with van der Waals surface area (Å²) in [6.07, 6.45) is 21.5. The zero-order chi connectivity index (χ0) is 65.8. The molecule has 0 fully saturated rings. The number of phosphoric ester groups is 1. The summed E-state index contributed by atoms with van der Waals surface area (Å²) < 4.78 is 60.5. The number of phosphoric acid groups is 1. The van der Waals surface area contributed by atoms with E-state index in [0.717, 1.165) is 78.1 Å². The number of esters is 1. The molecule has 0 N–H and O–H groups in total. The van der Waals surface area contributed by atoms with E-state index in [-0.39, 0.29) is 36.5 Å².